The van der Waals surface area contributed by atoms with E-state index >= 15 is 0 Å². The Kier molecular flexibility index (Phi) is 5.75. The molecular weight excluding hydrogens is 360 g/mol. The number of benzene rings is 1. The molecule has 0 saturated heterocycles. The van der Waals surface area contributed by atoms with Crippen molar-refractivity contribution in [1.82, 2.24) is 4.98 Å². The molecule has 0 radical (unpaired) electrons. The second kappa shape index (κ2) is 8.05. The highest BCUT2D eigenvalue weighted by atomic mass is 32.1. The molecule has 27 heavy (non-hydrogen) atoms. The van der Waals surface area contributed by atoms with Crippen LogP contribution in [0.15, 0.2) is 36.4 Å². The Bertz CT molecular complexity index is 868. The van der Waals surface area contributed by atoms with Crippen molar-refractivity contribution in [3.8, 4) is 11.3 Å². The van der Waals surface area contributed by atoms with Crippen molar-refractivity contribution >= 4 is 28.3 Å². The van der Waals surface area contributed by atoms with E-state index in [9.17, 15) is 14.7 Å². The van der Waals surface area contributed by atoms with Crippen LogP contribution in [0, 0.1) is 18.8 Å². The average Bonchev–Trinajstić information content (AvgIpc) is 3.01. The van der Waals surface area contributed by atoms with Crippen molar-refractivity contribution in [3.63, 3.8) is 0 Å². The van der Waals surface area contributed by atoms with E-state index < -0.39 is 17.8 Å². The van der Waals surface area contributed by atoms with Gasteiger partial charge in [-0.05, 0) is 31.2 Å². The number of aryl methyl sites for hydroxylation is 1. The first kappa shape index (κ1) is 19.3. The van der Waals surface area contributed by atoms with Crippen LogP contribution in [0.1, 0.15) is 43.0 Å². The summed E-state index contributed by atoms with van der Waals surface area (Å²) >= 11 is 1.41. The molecule has 0 fully saturated rings. The van der Waals surface area contributed by atoms with E-state index in [-0.39, 0.29) is 5.91 Å². The number of allylic oxidation sites excluding steroid dienone is 2. The van der Waals surface area contributed by atoms with Crippen LogP contribution in [0.4, 0.5) is 5.13 Å². The summed E-state index contributed by atoms with van der Waals surface area (Å²) in [6, 6.07) is 8.30. The van der Waals surface area contributed by atoms with Crippen molar-refractivity contribution in [1.29, 1.82) is 0 Å². The molecule has 2 N–H and O–H groups in total. The molecule has 142 valence electrons. The number of amides is 1. The highest BCUT2D eigenvalue weighted by molar-refractivity contribution is 7.16. The molecule has 1 aliphatic rings. The Morgan fingerprint density at radius 3 is 2.37 bits per heavy atom. The normalized spacial score (nSPS) is 19.3. The lowest BCUT2D eigenvalue weighted by molar-refractivity contribution is -0.146. The van der Waals surface area contributed by atoms with E-state index in [0.29, 0.717) is 23.9 Å². The summed E-state index contributed by atoms with van der Waals surface area (Å²) in [7, 11) is 0. The Balaban J connectivity index is 1.77. The van der Waals surface area contributed by atoms with Gasteiger partial charge in [0.1, 0.15) is 0 Å². The summed E-state index contributed by atoms with van der Waals surface area (Å²) in [5.74, 6) is -1.98. The van der Waals surface area contributed by atoms with Crippen molar-refractivity contribution in [3.05, 3.63) is 46.9 Å². The molecule has 2 atom stereocenters. The fourth-order valence-electron chi connectivity index (χ4n) is 3.32. The zero-order chi connectivity index (χ0) is 19.6. The number of aliphatic carboxylic acids is 1. The smallest absolute Gasteiger partial charge is 0.307 e. The SMILES string of the molecule is Cc1sc(NC(=O)[C@@H]2CC=CC[C@@H]2C(=O)O)nc1-c1ccc(C(C)C)cc1. The molecule has 0 unspecified atom stereocenters. The Labute approximate surface area is 163 Å². The second-order valence-electron chi connectivity index (χ2n) is 7.18. The van der Waals surface area contributed by atoms with Gasteiger partial charge in [-0.3, -0.25) is 9.59 Å². The van der Waals surface area contributed by atoms with E-state index in [1.54, 1.807) is 0 Å². The lowest BCUT2D eigenvalue weighted by atomic mass is 9.82. The number of rotatable bonds is 5. The maximum atomic E-state index is 12.6. The van der Waals surface area contributed by atoms with Gasteiger partial charge in [0.15, 0.2) is 5.13 Å². The number of thiazole rings is 1. The van der Waals surface area contributed by atoms with E-state index in [1.165, 1.54) is 16.9 Å². The number of hydrogen-bond acceptors (Lipinski definition) is 4. The van der Waals surface area contributed by atoms with Gasteiger partial charge >= 0.3 is 5.97 Å². The summed E-state index contributed by atoms with van der Waals surface area (Å²) in [5, 5.41) is 12.7. The predicted octanol–water partition coefficient (Wildman–Crippen LogP) is 4.85. The van der Waals surface area contributed by atoms with Gasteiger partial charge in [0.2, 0.25) is 5.91 Å². The van der Waals surface area contributed by atoms with Gasteiger partial charge in [-0.2, -0.15) is 0 Å². The number of nitrogens with zero attached hydrogens (tertiary/aromatic N) is 1. The van der Waals surface area contributed by atoms with Crippen LogP contribution in [0.5, 0.6) is 0 Å². The number of anilines is 1. The molecule has 1 aromatic heterocycles. The van der Waals surface area contributed by atoms with Crippen LogP contribution < -0.4 is 5.32 Å². The molecule has 0 bridgehead atoms. The summed E-state index contributed by atoms with van der Waals surface area (Å²) in [5.41, 5.74) is 3.13. The van der Waals surface area contributed by atoms with Gasteiger partial charge in [0.05, 0.1) is 17.5 Å². The van der Waals surface area contributed by atoms with Crippen molar-refractivity contribution in [2.45, 2.75) is 39.5 Å². The summed E-state index contributed by atoms with van der Waals surface area (Å²) < 4.78 is 0. The number of nitrogens with one attached hydrogen (secondary N) is 1. The third-order valence-corrected chi connectivity index (χ3v) is 5.85. The van der Waals surface area contributed by atoms with Crippen LogP contribution >= 0.6 is 11.3 Å². The van der Waals surface area contributed by atoms with Crippen LogP contribution in [-0.4, -0.2) is 22.0 Å². The van der Waals surface area contributed by atoms with Gasteiger partial charge in [-0.15, -0.1) is 11.3 Å². The van der Waals surface area contributed by atoms with Crippen molar-refractivity contribution in [2.75, 3.05) is 5.32 Å². The maximum absolute atomic E-state index is 12.6. The Morgan fingerprint density at radius 2 is 1.78 bits per heavy atom. The zero-order valence-corrected chi connectivity index (χ0v) is 16.5. The fourth-order valence-corrected chi connectivity index (χ4v) is 4.16. The fraction of sp³-hybridized carbons (Fsp3) is 0.381. The van der Waals surface area contributed by atoms with E-state index in [0.717, 1.165) is 16.1 Å². The van der Waals surface area contributed by atoms with Crippen LogP contribution in [0.3, 0.4) is 0 Å². The summed E-state index contributed by atoms with van der Waals surface area (Å²) in [4.78, 5) is 29.6. The topological polar surface area (TPSA) is 79.3 Å². The number of carbonyl (C=O) groups is 2. The predicted molar refractivity (Wildman–Crippen MR) is 108 cm³/mol. The molecule has 0 saturated carbocycles. The first-order chi connectivity index (χ1) is 12.9. The molecule has 1 aromatic carbocycles. The second-order valence-corrected chi connectivity index (χ2v) is 8.39. The van der Waals surface area contributed by atoms with Gasteiger partial charge < -0.3 is 10.4 Å². The van der Waals surface area contributed by atoms with Crippen molar-refractivity contribution < 1.29 is 14.7 Å². The van der Waals surface area contributed by atoms with E-state index in [2.05, 4.69) is 48.4 Å². The number of hydrogen-bond donors (Lipinski definition) is 2. The standard InChI is InChI=1S/C21H24N2O3S/c1-12(2)14-8-10-15(11-9-14)18-13(3)27-21(22-18)23-19(24)16-6-4-5-7-17(16)20(25)26/h4-5,8-12,16-17H,6-7H2,1-3H3,(H,25,26)(H,22,23,24)/t16-,17+/m1/s1. The van der Waals surface area contributed by atoms with E-state index in [4.69, 9.17) is 0 Å². The van der Waals surface area contributed by atoms with Gasteiger partial charge in [-0.25, -0.2) is 4.98 Å². The van der Waals surface area contributed by atoms with Crippen LogP contribution in [0.2, 0.25) is 0 Å². The number of carboxylic acid groups (broad SMARTS) is 1. The Hall–Kier alpha value is -2.47. The highest BCUT2D eigenvalue weighted by Crippen LogP contribution is 2.33. The average molecular weight is 385 g/mol. The molecule has 1 amide bonds. The molecule has 1 aliphatic carbocycles. The van der Waals surface area contributed by atoms with Gasteiger partial charge in [-0.1, -0.05) is 50.3 Å². The molecule has 2 aromatic rings. The Morgan fingerprint density at radius 1 is 1.15 bits per heavy atom. The minimum absolute atomic E-state index is 0.276. The molecule has 6 heteroatoms. The number of carboxylic acids is 1. The maximum Gasteiger partial charge on any atom is 0.307 e. The van der Waals surface area contributed by atoms with E-state index in [1.807, 2.05) is 19.1 Å². The quantitative estimate of drug-likeness (QED) is 0.723. The van der Waals surface area contributed by atoms with Gasteiger partial charge in [0.25, 0.3) is 0 Å². The summed E-state index contributed by atoms with van der Waals surface area (Å²) in [6.45, 7) is 6.28. The third kappa shape index (κ3) is 4.27. The van der Waals surface area contributed by atoms with Crippen LogP contribution in [0.25, 0.3) is 11.3 Å². The van der Waals surface area contributed by atoms with Gasteiger partial charge in [0, 0.05) is 10.4 Å². The minimum atomic E-state index is -0.930. The number of aromatic nitrogens is 1. The molecular formula is C21H24N2O3S. The third-order valence-electron chi connectivity index (χ3n) is 4.96. The zero-order valence-electron chi connectivity index (χ0n) is 15.7. The lowest BCUT2D eigenvalue weighted by Crippen LogP contribution is -2.34. The summed E-state index contributed by atoms with van der Waals surface area (Å²) in [6.07, 6.45) is 4.53. The monoisotopic (exact) mass is 384 g/mol. The molecule has 5 nitrogen and oxygen atoms in total. The molecule has 0 aliphatic heterocycles. The molecule has 1 heterocycles. The molecule has 0 spiro atoms. The number of carbonyl (C=O) groups excluding carboxylic acids is 1. The van der Waals surface area contributed by atoms with Crippen molar-refractivity contribution in [2.24, 2.45) is 11.8 Å². The highest BCUT2D eigenvalue weighted by Gasteiger charge is 2.34. The largest absolute Gasteiger partial charge is 0.481 e. The van der Waals surface area contributed by atoms with Crippen LogP contribution in [-0.2, 0) is 9.59 Å². The minimum Gasteiger partial charge on any atom is -0.481 e. The molecule has 3 rings (SSSR count). The lowest BCUT2D eigenvalue weighted by Gasteiger charge is -2.23. The first-order valence-corrected chi connectivity index (χ1v) is 9.95. The first-order valence-electron chi connectivity index (χ1n) is 9.13.